The maximum absolute atomic E-state index is 12.2. The zero-order valence-electron chi connectivity index (χ0n) is 11.4. The highest BCUT2D eigenvalue weighted by atomic mass is 16.3. The molecule has 1 aliphatic carbocycles. The van der Waals surface area contributed by atoms with Crippen LogP contribution in [0.5, 0.6) is 0 Å². The number of hydrogen-bond donors (Lipinski definition) is 3. The smallest absolute Gasteiger partial charge is 0.251 e. The zero-order chi connectivity index (χ0) is 13.9. The molecule has 2 rings (SSSR count). The summed E-state index contributed by atoms with van der Waals surface area (Å²) >= 11 is 0. The molecule has 1 amide bonds. The minimum absolute atomic E-state index is 0.107. The fourth-order valence-electron chi connectivity index (χ4n) is 2.76. The van der Waals surface area contributed by atoms with Gasteiger partial charge in [-0.05, 0) is 37.5 Å². The monoisotopic (exact) mass is 262 g/mol. The van der Waals surface area contributed by atoms with Gasteiger partial charge in [-0.2, -0.15) is 0 Å². The van der Waals surface area contributed by atoms with E-state index in [1.54, 1.807) is 12.1 Å². The van der Waals surface area contributed by atoms with E-state index in [9.17, 15) is 9.90 Å². The first-order chi connectivity index (χ1) is 9.06. The zero-order valence-corrected chi connectivity index (χ0v) is 11.4. The van der Waals surface area contributed by atoms with Crippen molar-refractivity contribution in [1.29, 1.82) is 0 Å². The van der Waals surface area contributed by atoms with Gasteiger partial charge in [-0.25, -0.2) is 0 Å². The van der Waals surface area contributed by atoms with Gasteiger partial charge in [0.05, 0.1) is 6.61 Å². The normalized spacial score (nSPS) is 17.4. The van der Waals surface area contributed by atoms with Crippen LogP contribution in [0.25, 0.3) is 0 Å². The summed E-state index contributed by atoms with van der Waals surface area (Å²) in [6.07, 6.45) is 4.24. The summed E-state index contributed by atoms with van der Waals surface area (Å²) in [6, 6.07) is 5.34. The molecule has 104 valence electrons. The van der Waals surface area contributed by atoms with Crippen LogP contribution in [0.3, 0.4) is 0 Å². The van der Waals surface area contributed by atoms with Gasteiger partial charge in [0.1, 0.15) is 0 Å². The quantitative estimate of drug-likeness (QED) is 0.725. The van der Waals surface area contributed by atoms with Crippen LogP contribution in [-0.2, 0) is 0 Å². The highest BCUT2D eigenvalue weighted by Gasteiger charge is 2.33. The Morgan fingerprint density at radius 3 is 2.74 bits per heavy atom. The molecule has 0 aliphatic heterocycles. The van der Waals surface area contributed by atoms with Crippen molar-refractivity contribution in [3.63, 3.8) is 0 Å². The number of nitrogens with two attached hydrogens (primary N) is 1. The van der Waals surface area contributed by atoms with Crippen molar-refractivity contribution in [2.45, 2.75) is 32.6 Å². The van der Waals surface area contributed by atoms with Crippen molar-refractivity contribution in [1.82, 2.24) is 5.32 Å². The predicted octanol–water partition coefficient (Wildman–Crippen LogP) is 1.86. The Morgan fingerprint density at radius 2 is 2.11 bits per heavy atom. The summed E-state index contributed by atoms with van der Waals surface area (Å²) in [7, 11) is 0. The Balaban J connectivity index is 2.03. The van der Waals surface area contributed by atoms with Gasteiger partial charge in [0.25, 0.3) is 5.91 Å². The fourth-order valence-corrected chi connectivity index (χ4v) is 2.76. The van der Waals surface area contributed by atoms with E-state index in [-0.39, 0.29) is 17.9 Å². The molecule has 0 aromatic heterocycles. The first-order valence-corrected chi connectivity index (χ1v) is 6.81. The van der Waals surface area contributed by atoms with E-state index in [0.29, 0.717) is 17.8 Å². The molecule has 0 unspecified atom stereocenters. The van der Waals surface area contributed by atoms with E-state index >= 15 is 0 Å². The van der Waals surface area contributed by atoms with Gasteiger partial charge in [0, 0.05) is 23.2 Å². The van der Waals surface area contributed by atoms with Crippen LogP contribution in [0.1, 0.15) is 41.6 Å². The topological polar surface area (TPSA) is 75.4 Å². The molecule has 19 heavy (non-hydrogen) atoms. The third kappa shape index (κ3) is 3.07. The summed E-state index contributed by atoms with van der Waals surface area (Å²) in [6.45, 7) is 2.57. The molecule has 0 atom stereocenters. The second kappa shape index (κ2) is 5.61. The van der Waals surface area contributed by atoms with Crippen LogP contribution in [0.2, 0.25) is 0 Å². The van der Waals surface area contributed by atoms with Gasteiger partial charge < -0.3 is 16.2 Å². The number of nitrogens with one attached hydrogen (secondary N) is 1. The van der Waals surface area contributed by atoms with Gasteiger partial charge >= 0.3 is 0 Å². The maximum Gasteiger partial charge on any atom is 0.251 e. The number of aliphatic hydroxyl groups excluding tert-OH is 1. The summed E-state index contributed by atoms with van der Waals surface area (Å²) in [5, 5.41) is 12.5. The van der Waals surface area contributed by atoms with Gasteiger partial charge in [0.2, 0.25) is 0 Å². The average Bonchev–Trinajstić information content (AvgIpc) is 2.88. The lowest BCUT2D eigenvalue weighted by atomic mass is 9.87. The second-order valence-corrected chi connectivity index (χ2v) is 5.62. The molecule has 1 aromatic carbocycles. The predicted molar refractivity (Wildman–Crippen MR) is 75.9 cm³/mol. The second-order valence-electron chi connectivity index (χ2n) is 5.62. The standard InChI is InChI=1S/C15H22N2O2/c1-11-4-5-12(16)8-13(11)14(19)17-9-15(10-18)6-2-3-7-15/h4-5,8,18H,2-3,6-7,9-10,16H2,1H3,(H,17,19). The van der Waals surface area contributed by atoms with Crippen molar-refractivity contribution in [3.8, 4) is 0 Å². The van der Waals surface area contributed by atoms with Crippen molar-refractivity contribution in [2.24, 2.45) is 5.41 Å². The molecule has 1 aromatic rings. The molecule has 0 bridgehead atoms. The number of carbonyl (C=O) groups excluding carboxylic acids is 1. The number of benzene rings is 1. The highest BCUT2D eigenvalue weighted by molar-refractivity contribution is 5.96. The van der Waals surface area contributed by atoms with E-state index in [2.05, 4.69) is 5.32 Å². The minimum Gasteiger partial charge on any atom is -0.399 e. The molecular weight excluding hydrogens is 240 g/mol. The number of carbonyl (C=O) groups is 1. The average molecular weight is 262 g/mol. The molecule has 0 heterocycles. The summed E-state index contributed by atoms with van der Waals surface area (Å²) in [5.74, 6) is -0.107. The molecular formula is C15H22N2O2. The molecule has 0 radical (unpaired) electrons. The summed E-state index contributed by atoms with van der Waals surface area (Å²) < 4.78 is 0. The van der Waals surface area contributed by atoms with E-state index in [0.717, 1.165) is 31.2 Å². The number of nitrogen functional groups attached to an aromatic ring is 1. The Hall–Kier alpha value is -1.55. The molecule has 1 saturated carbocycles. The molecule has 0 saturated heterocycles. The summed E-state index contributed by atoms with van der Waals surface area (Å²) in [5.41, 5.74) is 7.72. The van der Waals surface area contributed by atoms with Gasteiger partial charge in [-0.1, -0.05) is 18.9 Å². The van der Waals surface area contributed by atoms with Gasteiger partial charge in [0.15, 0.2) is 0 Å². The van der Waals surface area contributed by atoms with Gasteiger partial charge in [-0.3, -0.25) is 4.79 Å². The van der Waals surface area contributed by atoms with Crippen molar-refractivity contribution < 1.29 is 9.90 Å². The largest absolute Gasteiger partial charge is 0.399 e. The third-order valence-electron chi connectivity index (χ3n) is 4.13. The Kier molecular flexibility index (Phi) is 4.10. The number of anilines is 1. The number of rotatable bonds is 4. The molecule has 1 fully saturated rings. The first kappa shape index (κ1) is 13.9. The van der Waals surface area contributed by atoms with Crippen molar-refractivity contribution in [3.05, 3.63) is 29.3 Å². The molecule has 4 N–H and O–H groups in total. The molecule has 4 heteroatoms. The lowest BCUT2D eigenvalue weighted by Gasteiger charge is -2.26. The van der Waals surface area contributed by atoms with Crippen LogP contribution in [0.4, 0.5) is 5.69 Å². The lowest BCUT2D eigenvalue weighted by molar-refractivity contribution is 0.0880. The Morgan fingerprint density at radius 1 is 1.42 bits per heavy atom. The SMILES string of the molecule is Cc1ccc(N)cc1C(=O)NCC1(CO)CCCC1. The lowest BCUT2D eigenvalue weighted by Crippen LogP contribution is -2.38. The Labute approximate surface area is 114 Å². The fraction of sp³-hybridized carbons (Fsp3) is 0.533. The molecule has 4 nitrogen and oxygen atoms in total. The van der Waals surface area contributed by atoms with E-state index in [4.69, 9.17) is 5.73 Å². The van der Waals surface area contributed by atoms with Crippen LogP contribution in [0, 0.1) is 12.3 Å². The van der Waals surface area contributed by atoms with Gasteiger partial charge in [-0.15, -0.1) is 0 Å². The van der Waals surface area contributed by atoms with E-state index in [1.807, 2.05) is 13.0 Å². The van der Waals surface area contributed by atoms with Crippen LogP contribution >= 0.6 is 0 Å². The molecule has 0 spiro atoms. The highest BCUT2D eigenvalue weighted by Crippen LogP contribution is 2.36. The van der Waals surface area contributed by atoms with E-state index in [1.165, 1.54) is 0 Å². The summed E-state index contributed by atoms with van der Waals surface area (Å²) in [4.78, 5) is 12.2. The first-order valence-electron chi connectivity index (χ1n) is 6.81. The number of aryl methyl sites for hydroxylation is 1. The van der Waals surface area contributed by atoms with Crippen molar-refractivity contribution >= 4 is 11.6 Å². The number of aliphatic hydroxyl groups is 1. The Bertz CT molecular complexity index is 465. The maximum atomic E-state index is 12.2. The van der Waals surface area contributed by atoms with Crippen LogP contribution < -0.4 is 11.1 Å². The minimum atomic E-state index is -0.121. The number of hydrogen-bond acceptors (Lipinski definition) is 3. The van der Waals surface area contributed by atoms with Crippen LogP contribution in [0.15, 0.2) is 18.2 Å². The van der Waals surface area contributed by atoms with Crippen LogP contribution in [-0.4, -0.2) is 24.2 Å². The molecule has 1 aliphatic rings. The van der Waals surface area contributed by atoms with Crippen molar-refractivity contribution in [2.75, 3.05) is 18.9 Å². The van der Waals surface area contributed by atoms with E-state index < -0.39 is 0 Å². The third-order valence-corrected chi connectivity index (χ3v) is 4.13. The number of amides is 1.